The molecule has 8 heteroatoms. The van der Waals surface area contributed by atoms with Gasteiger partial charge in [-0.05, 0) is 48.5 Å². The van der Waals surface area contributed by atoms with Gasteiger partial charge in [0.1, 0.15) is 5.15 Å². The molecule has 146 valence electrons. The molecule has 3 aromatic heterocycles. The Bertz CT molecular complexity index is 1140. The molecule has 0 atom stereocenters. The molecule has 0 unspecified atom stereocenters. The van der Waals surface area contributed by atoms with Gasteiger partial charge in [-0.2, -0.15) is 0 Å². The largest absolute Gasteiger partial charge is 0.378 e. The third-order valence-corrected chi connectivity index (χ3v) is 5.23. The second kappa shape index (κ2) is 7.69. The van der Waals surface area contributed by atoms with Crippen molar-refractivity contribution in [2.45, 2.75) is 0 Å². The second-order valence-corrected chi connectivity index (χ2v) is 7.11. The minimum atomic E-state index is 0.444. The van der Waals surface area contributed by atoms with Crippen molar-refractivity contribution >= 4 is 34.4 Å². The third-order valence-electron chi connectivity index (χ3n) is 4.93. The molecule has 0 saturated carbocycles. The summed E-state index contributed by atoms with van der Waals surface area (Å²) in [6.45, 7) is 3.38. The lowest BCUT2D eigenvalue weighted by Crippen LogP contribution is -2.36. The van der Waals surface area contributed by atoms with Crippen LogP contribution >= 0.6 is 11.6 Å². The van der Waals surface area contributed by atoms with E-state index in [2.05, 4.69) is 37.4 Å². The zero-order valence-electron chi connectivity index (χ0n) is 15.6. The van der Waals surface area contributed by atoms with E-state index in [0.29, 0.717) is 11.1 Å². The molecule has 1 aromatic carbocycles. The normalized spacial score (nSPS) is 14.3. The standard InChI is InChI=1S/C21H19ClN6O/c22-20-18(2-1-9-23-20)19-8-7-17-14-24-21(26-28(17)19)25-15-3-5-16(6-4-15)27-10-12-29-13-11-27/h1-9,14H,10-13H2,(H,25,26). The number of hydrogen-bond acceptors (Lipinski definition) is 6. The van der Waals surface area contributed by atoms with E-state index in [1.165, 1.54) is 5.69 Å². The van der Waals surface area contributed by atoms with E-state index >= 15 is 0 Å². The van der Waals surface area contributed by atoms with Crippen molar-refractivity contribution in [1.29, 1.82) is 0 Å². The number of rotatable bonds is 4. The highest BCUT2D eigenvalue weighted by atomic mass is 35.5. The van der Waals surface area contributed by atoms with E-state index < -0.39 is 0 Å². The number of benzene rings is 1. The molecule has 1 aliphatic rings. The third kappa shape index (κ3) is 3.62. The van der Waals surface area contributed by atoms with Gasteiger partial charge in [0.15, 0.2) is 0 Å². The molecule has 0 spiro atoms. The van der Waals surface area contributed by atoms with Gasteiger partial charge in [-0.15, -0.1) is 5.10 Å². The first-order valence-electron chi connectivity index (χ1n) is 9.43. The summed E-state index contributed by atoms with van der Waals surface area (Å²) in [7, 11) is 0. The molecule has 4 aromatic rings. The number of fused-ring (bicyclic) bond motifs is 1. The van der Waals surface area contributed by atoms with Gasteiger partial charge >= 0.3 is 0 Å². The first-order chi connectivity index (χ1) is 14.3. The Labute approximate surface area is 172 Å². The highest BCUT2D eigenvalue weighted by Gasteiger charge is 2.12. The van der Waals surface area contributed by atoms with Crippen LogP contribution < -0.4 is 10.2 Å². The molecule has 1 fully saturated rings. The lowest BCUT2D eigenvalue weighted by Gasteiger charge is -2.28. The molecule has 4 heterocycles. The Morgan fingerprint density at radius 1 is 0.966 bits per heavy atom. The van der Waals surface area contributed by atoms with Gasteiger partial charge in [0.25, 0.3) is 0 Å². The lowest BCUT2D eigenvalue weighted by molar-refractivity contribution is 0.122. The van der Waals surface area contributed by atoms with E-state index in [1.807, 2.05) is 40.9 Å². The van der Waals surface area contributed by atoms with Gasteiger partial charge in [0.05, 0.1) is 30.6 Å². The summed E-state index contributed by atoms with van der Waals surface area (Å²) in [5.74, 6) is 0.508. The lowest BCUT2D eigenvalue weighted by atomic mass is 10.2. The van der Waals surface area contributed by atoms with Crippen molar-refractivity contribution in [2.75, 3.05) is 36.5 Å². The quantitative estimate of drug-likeness (QED) is 0.516. The van der Waals surface area contributed by atoms with E-state index in [1.54, 1.807) is 12.4 Å². The fourth-order valence-corrected chi connectivity index (χ4v) is 3.66. The summed E-state index contributed by atoms with van der Waals surface area (Å²) >= 11 is 6.27. The van der Waals surface area contributed by atoms with Crippen LogP contribution in [0.3, 0.4) is 0 Å². The number of anilines is 3. The summed E-state index contributed by atoms with van der Waals surface area (Å²) in [6, 6.07) is 16.0. The number of nitrogens with zero attached hydrogens (tertiary/aromatic N) is 5. The zero-order chi connectivity index (χ0) is 19.6. The average molecular weight is 407 g/mol. The van der Waals surface area contributed by atoms with Crippen LogP contribution in [0.4, 0.5) is 17.3 Å². The fourth-order valence-electron chi connectivity index (χ4n) is 3.45. The van der Waals surface area contributed by atoms with Crippen LogP contribution in [0, 0.1) is 0 Å². The Kier molecular flexibility index (Phi) is 4.75. The van der Waals surface area contributed by atoms with Gasteiger partial charge in [-0.25, -0.2) is 14.5 Å². The maximum absolute atomic E-state index is 6.27. The molecule has 1 saturated heterocycles. The molecule has 5 rings (SSSR count). The highest BCUT2D eigenvalue weighted by Crippen LogP contribution is 2.27. The smallest absolute Gasteiger partial charge is 0.245 e. The molecule has 0 amide bonds. The summed E-state index contributed by atoms with van der Waals surface area (Å²) in [6.07, 6.45) is 3.45. The number of aromatic nitrogens is 4. The second-order valence-electron chi connectivity index (χ2n) is 6.75. The van der Waals surface area contributed by atoms with Crippen LogP contribution in [-0.2, 0) is 4.74 Å². The van der Waals surface area contributed by atoms with Gasteiger partial charge in [0, 0.05) is 36.2 Å². The van der Waals surface area contributed by atoms with Gasteiger partial charge in [-0.3, -0.25) is 0 Å². The molecular weight excluding hydrogens is 388 g/mol. The summed E-state index contributed by atoms with van der Waals surface area (Å²) in [5, 5.41) is 8.36. The first-order valence-corrected chi connectivity index (χ1v) is 9.81. The van der Waals surface area contributed by atoms with Crippen LogP contribution in [0.1, 0.15) is 0 Å². The van der Waals surface area contributed by atoms with Crippen LogP contribution in [0.2, 0.25) is 5.15 Å². The Morgan fingerprint density at radius 3 is 2.59 bits per heavy atom. The average Bonchev–Trinajstić information content (AvgIpc) is 3.18. The predicted octanol–water partition coefficient (Wildman–Crippen LogP) is 4.02. The molecule has 7 nitrogen and oxygen atoms in total. The summed E-state index contributed by atoms with van der Waals surface area (Å²) < 4.78 is 7.24. The fraction of sp³-hybridized carbons (Fsp3) is 0.190. The molecular formula is C21H19ClN6O. The number of pyridine rings is 1. The minimum absolute atomic E-state index is 0.444. The van der Waals surface area contributed by atoms with E-state index in [9.17, 15) is 0 Å². The molecule has 0 aliphatic carbocycles. The highest BCUT2D eigenvalue weighted by molar-refractivity contribution is 6.32. The molecule has 0 bridgehead atoms. The number of ether oxygens (including phenoxy) is 1. The first kappa shape index (κ1) is 17.9. The van der Waals surface area contributed by atoms with Crippen molar-refractivity contribution in [3.05, 3.63) is 66.1 Å². The van der Waals surface area contributed by atoms with Crippen LogP contribution in [-0.4, -0.2) is 45.9 Å². The van der Waals surface area contributed by atoms with E-state index in [4.69, 9.17) is 16.3 Å². The van der Waals surface area contributed by atoms with Crippen LogP contribution in [0.25, 0.3) is 16.8 Å². The number of hydrogen-bond donors (Lipinski definition) is 1. The number of halogens is 1. The van der Waals surface area contributed by atoms with Crippen LogP contribution in [0.5, 0.6) is 0 Å². The number of nitrogens with one attached hydrogen (secondary N) is 1. The van der Waals surface area contributed by atoms with Gasteiger partial charge in [0.2, 0.25) is 5.95 Å². The Morgan fingerprint density at radius 2 is 1.79 bits per heavy atom. The molecule has 29 heavy (non-hydrogen) atoms. The Hall–Kier alpha value is -3.16. The topological polar surface area (TPSA) is 67.6 Å². The van der Waals surface area contributed by atoms with Crippen molar-refractivity contribution < 1.29 is 4.74 Å². The number of morpholine rings is 1. The van der Waals surface area contributed by atoms with E-state index in [0.717, 1.165) is 48.8 Å². The summed E-state index contributed by atoms with van der Waals surface area (Å²) in [4.78, 5) is 10.9. The van der Waals surface area contributed by atoms with E-state index in [-0.39, 0.29) is 0 Å². The van der Waals surface area contributed by atoms with Crippen molar-refractivity contribution in [3.63, 3.8) is 0 Å². The zero-order valence-corrected chi connectivity index (χ0v) is 16.4. The maximum Gasteiger partial charge on any atom is 0.245 e. The SMILES string of the molecule is Clc1ncccc1-c1ccc2cnc(Nc3ccc(N4CCOCC4)cc3)nn12. The predicted molar refractivity (Wildman–Crippen MR) is 114 cm³/mol. The molecule has 1 N–H and O–H groups in total. The van der Waals surface area contributed by atoms with Gasteiger partial charge < -0.3 is 15.0 Å². The van der Waals surface area contributed by atoms with Gasteiger partial charge in [-0.1, -0.05) is 11.6 Å². The van der Waals surface area contributed by atoms with Crippen molar-refractivity contribution in [1.82, 2.24) is 19.6 Å². The molecule has 0 radical (unpaired) electrons. The monoisotopic (exact) mass is 406 g/mol. The maximum atomic E-state index is 6.27. The van der Waals surface area contributed by atoms with Crippen molar-refractivity contribution in [2.24, 2.45) is 0 Å². The molecule has 1 aliphatic heterocycles. The van der Waals surface area contributed by atoms with Crippen LogP contribution in [0.15, 0.2) is 60.9 Å². The van der Waals surface area contributed by atoms with Crippen molar-refractivity contribution in [3.8, 4) is 11.3 Å². The minimum Gasteiger partial charge on any atom is -0.378 e. The summed E-state index contributed by atoms with van der Waals surface area (Å²) in [5.41, 5.74) is 4.69. The Balaban J connectivity index is 1.41.